The number of hydrogen-bond donors (Lipinski definition) is 1. The lowest BCUT2D eigenvalue weighted by Crippen LogP contribution is -2.30. The molecule has 0 spiro atoms. The standard InChI is InChI=1S/C21H17ClFNO2S/c22-17-9-11-27-20(17)21(26)24-10-3-6-19(24)15-5-2-1-4-14(15)16-12-13(25)7-8-18(16)23/h1-2,4-5,7-9,11-12,19,25H,3,6,10H2/t19-/m0/s1. The summed E-state index contributed by atoms with van der Waals surface area (Å²) in [4.78, 5) is 15.4. The van der Waals surface area contributed by atoms with Crippen molar-refractivity contribution in [2.45, 2.75) is 18.9 Å². The SMILES string of the molecule is O=C(c1sccc1Cl)N1CCC[C@H]1c1ccccc1-c1cc(O)ccc1F. The zero-order chi connectivity index (χ0) is 19.0. The van der Waals surface area contributed by atoms with Crippen molar-refractivity contribution in [3.8, 4) is 16.9 Å². The molecule has 2 heterocycles. The van der Waals surface area contributed by atoms with Gasteiger partial charge in [0.15, 0.2) is 0 Å². The average molecular weight is 402 g/mol. The molecule has 27 heavy (non-hydrogen) atoms. The lowest BCUT2D eigenvalue weighted by Gasteiger charge is -2.27. The highest BCUT2D eigenvalue weighted by Gasteiger charge is 2.33. The van der Waals surface area contributed by atoms with Crippen molar-refractivity contribution in [3.63, 3.8) is 0 Å². The van der Waals surface area contributed by atoms with E-state index in [0.29, 0.717) is 27.6 Å². The van der Waals surface area contributed by atoms with Crippen LogP contribution in [0, 0.1) is 5.82 Å². The summed E-state index contributed by atoms with van der Waals surface area (Å²) in [5, 5.41) is 12.1. The summed E-state index contributed by atoms with van der Waals surface area (Å²) in [5.41, 5.74) is 1.90. The molecule has 1 saturated heterocycles. The molecule has 6 heteroatoms. The number of nitrogens with zero attached hydrogens (tertiary/aromatic N) is 1. The van der Waals surface area contributed by atoms with E-state index in [9.17, 15) is 14.3 Å². The molecule has 2 aromatic carbocycles. The van der Waals surface area contributed by atoms with E-state index in [1.165, 1.54) is 29.5 Å². The summed E-state index contributed by atoms with van der Waals surface area (Å²) in [5.74, 6) is -0.493. The van der Waals surface area contributed by atoms with Gasteiger partial charge in [0.25, 0.3) is 5.91 Å². The van der Waals surface area contributed by atoms with Gasteiger partial charge in [-0.3, -0.25) is 4.79 Å². The molecule has 0 unspecified atom stereocenters. The highest BCUT2D eigenvalue weighted by molar-refractivity contribution is 7.12. The number of carbonyl (C=O) groups excluding carboxylic acids is 1. The van der Waals surface area contributed by atoms with Crippen molar-refractivity contribution in [2.75, 3.05) is 6.54 Å². The van der Waals surface area contributed by atoms with E-state index >= 15 is 0 Å². The van der Waals surface area contributed by atoms with Crippen LogP contribution in [0.1, 0.15) is 34.1 Å². The molecular formula is C21H17ClFNO2S. The van der Waals surface area contributed by atoms with E-state index < -0.39 is 5.82 Å². The zero-order valence-corrected chi connectivity index (χ0v) is 15.9. The number of rotatable bonds is 3. The Balaban J connectivity index is 1.76. The Morgan fingerprint density at radius 3 is 2.78 bits per heavy atom. The lowest BCUT2D eigenvalue weighted by atomic mass is 9.93. The fraction of sp³-hybridized carbons (Fsp3) is 0.190. The maximum absolute atomic E-state index is 14.4. The van der Waals surface area contributed by atoms with Crippen LogP contribution in [0.2, 0.25) is 5.02 Å². The smallest absolute Gasteiger partial charge is 0.265 e. The normalized spacial score (nSPS) is 16.7. The van der Waals surface area contributed by atoms with E-state index in [2.05, 4.69) is 0 Å². The van der Waals surface area contributed by atoms with Gasteiger partial charge in [-0.05, 0) is 53.6 Å². The first-order chi connectivity index (χ1) is 13.1. The van der Waals surface area contributed by atoms with Crippen LogP contribution in [0.3, 0.4) is 0 Å². The van der Waals surface area contributed by atoms with Crippen molar-refractivity contribution < 1.29 is 14.3 Å². The summed E-state index contributed by atoms with van der Waals surface area (Å²) < 4.78 is 14.4. The molecule has 3 nitrogen and oxygen atoms in total. The van der Waals surface area contributed by atoms with Crippen molar-refractivity contribution >= 4 is 28.8 Å². The van der Waals surface area contributed by atoms with Crippen molar-refractivity contribution in [1.82, 2.24) is 4.90 Å². The Hall–Kier alpha value is -2.37. The van der Waals surface area contributed by atoms with Crippen LogP contribution in [0.25, 0.3) is 11.1 Å². The monoisotopic (exact) mass is 401 g/mol. The Morgan fingerprint density at radius 2 is 2.00 bits per heavy atom. The average Bonchev–Trinajstić information content (AvgIpc) is 3.32. The molecule has 1 aromatic heterocycles. The third kappa shape index (κ3) is 3.33. The molecule has 1 aliphatic heterocycles. The van der Waals surface area contributed by atoms with Gasteiger partial charge in [-0.1, -0.05) is 35.9 Å². The number of carbonyl (C=O) groups is 1. The summed E-state index contributed by atoms with van der Waals surface area (Å²) >= 11 is 7.49. The second-order valence-electron chi connectivity index (χ2n) is 6.51. The highest BCUT2D eigenvalue weighted by atomic mass is 35.5. The summed E-state index contributed by atoms with van der Waals surface area (Å²) in [6.07, 6.45) is 1.67. The molecule has 1 fully saturated rings. The predicted molar refractivity (Wildman–Crippen MR) is 106 cm³/mol. The molecule has 0 bridgehead atoms. The van der Waals surface area contributed by atoms with Crippen molar-refractivity contribution in [2.24, 2.45) is 0 Å². The Kier molecular flexibility index (Phi) is 4.89. The minimum Gasteiger partial charge on any atom is -0.508 e. The van der Waals surface area contributed by atoms with E-state index in [1.54, 1.807) is 11.4 Å². The molecule has 1 N–H and O–H groups in total. The Morgan fingerprint density at radius 1 is 1.19 bits per heavy atom. The summed E-state index contributed by atoms with van der Waals surface area (Å²) in [6, 6.07) is 13.0. The third-order valence-corrected chi connectivity index (χ3v) is 6.21. The Bertz CT molecular complexity index is 1000. The first-order valence-electron chi connectivity index (χ1n) is 8.68. The van der Waals surface area contributed by atoms with Gasteiger partial charge in [0.1, 0.15) is 16.4 Å². The molecule has 138 valence electrons. The number of phenolic OH excluding ortho intramolecular Hbond substituents is 1. The van der Waals surface area contributed by atoms with Crippen LogP contribution < -0.4 is 0 Å². The van der Waals surface area contributed by atoms with Gasteiger partial charge >= 0.3 is 0 Å². The van der Waals surface area contributed by atoms with Crippen LogP contribution in [-0.4, -0.2) is 22.5 Å². The van der Waals surface area contributed by atoms with E-state index in [4.69, 9.17) is 11.6 Å². The molecule has 0 saturated carbocycles. The van der Waals surface area contributed by atoms with Gasteiger partial charge in [-0.15, -0.1) is 11.3 Å². The number of amides is 1. The number of aromatic hydroxyl groups is 1. The minimum absolute atomic E-state index is 0.00549. The number of phenols is 1. The fourth-order valence-electron chi connectivity index (χ4n) is 3.66. The number of benzene rings is 2. The van der Waals surface area contributed by atoms with Crippen LogP contribution in [0.15, 0.2) is 53.9 Å². The number of thiophene rings is 1. The number of halogens is 2. The first-order valence-corrected chi connectivity index (χ1v) is 9.94. The maximum Gasteiger partial charge on any atom is 0.265 e. The molecule has 3 aromatic rings. The van der Waals surface area contributed by atoms with Crippen LogP contribution >= 0.6 is 22.9 Å². The molecule has 1 amide bonds. The largest absolute Gasteiger partial charge is 0.508 e. The van der Waals surface area contributed by atoms with E-state index in [1.807, 2.05) is 29.2 Å². The quantitative estimate of drug-likeness (QED) is 0.594. The third-order valence-electron chi connectivity index (χ3n) is 4.88. The highest BCUT2D eigenvalue weighted by Crippen LogP contribution is 2.40. The fourth-order valence-corrected chi connectivity index (χ4v) is 4.75. The van der Waals surface area contributed by atoms with Crippen LogP contribution in [0.4, 0.5) is 4.39 Å². The van der Waals surface area contributed by atoms with E-state index in [0.717, 1.165) is 18.4 Å². The summed E-state index contributed by atoms with van der Waals surface area (Å²) in [7, 11) is 0. The summed E-state index contributed by atoms with van der Waals surface area (Å²) in [6.45, 7) is 0.634. The topological polar surface area (TPSA) is 40.5 Å². The van der Waals surface area contributed by atoms with Crippen LogP contribution in [0.5, 0.6) is 5.75 Å². The zero-order valence-electron chi connectivity index (χ0n) is 14.4. The van der Waals surface area contributed by atoms with E-state index in [-0.39, 0.29) is 17.7 Å². The number of hydrogen-bond acceptors (Lipinski definition) is 3. The number of likely N-dealkylation sites (tertiary alicyclic amines) is 1. The van der Waals surface area contributed by atoms with Gasteiger partial charge in [-0.2, -0.15) is 0 Å². The van der Waals surface area contributed by atoms with Crippen LogP contribution in [-0.2, 0) is 0 Å². The first kappa shape index (κ1) is 18.0. The predicted octanol–water partition coefficient (Wildman–Crippen LogP) is 5.89. The molecule has 1 atom stereocenters. The Labute approximate surface area is 165 Å². The van der Waals surface area contributed by atoms with Gasteiger partial charge in [0.2, 0.25) is 0 Å². The molecular weight excluding hydrogens is 385 g/mol. The second kappa shape index (κ2) is 7.33. The van der Waals surface area contributed by atoms with Gasteiger partial charge in [0.05, 0.1) is 11.1 Å². The molecule has 1 aliphatic rings. The maximum atomic E-state index is 14.4. The minimum atomic E-state index is -0.405. The van der Waals surface area contributed by atoms with Crippen molar-refractivity contribution in [3.05, 3.63) is 75.2 Å². The molecule has 4 rings (SSSR count). The van der Waals surface area contributed by atoms with Gasteiger partial charge < -0.3 is 10.0 Å². The van der Waals surface area contributed by atoms with Gasteiger partial charge in [0, 0.05) is 12.1 Å². The molecule has 0 radical (unpaired) electrons. The second-order valence-corrected chi connectivity index (χ2v) is 7.83. The van der Waals surface area contributed by atoms with Gasteiger partial charge in [-0.25, -0.2) is 4.39 Å². The molecule has 0 aliphatic carbocycles. The van der Waals surface area contributed by atoms with Crippen molar-refractivity contribution in [1.29, 1.82) is 0 Å². The lowest BCUT2D eigenvalue weighted by molar-refractivity contribution is 0.0741.